The van der Waals surface area contributed by atoms with Gasteiger partial charge in [-0.2, -0.15) is 0 Å². The van der Waals surface area contributed by atoms with Gasteiger partial charge in [-0.3, -0.25) is 14.4 Å². The molecule has 0 spiro atoms. The molecule has 0 aromatic heterocycles. The molecule has 8 saturated carbocycles. The molecule has 8 fully saturated rings. The Morgan fingerprint density at radius 2 is 1.00 bits per heavy atom. The molecule has 348 valence electrons. The smallest absolute Gasteiger partial charge is 0.323 e. The molecule has 8 aliphatic carbocycles. The Bertz CT molecular complexity index is 1540. The largest absolute Gasteiger partial charge is 0.457 e. The van der Waals surface area contributed by atoms with Crippen molar-refractivity contribution in [2.75, 3.05) is 11.9 Å². The van der Waals surface area contributed by atoms with Gasteiger partial charge in [0.2, 0.25) is 0 Å². The SMILES string of the molecule is C.CC(C)C(N)C(=O)OCC(=O)[C@H]1CC[C@H]2[C@@H]3CCC4C[C@](C)(O)CC[C@]4(C)C3CC[C@]12C.C[C@@]1(O)CC[C@@]2(C)C(CC[C@@H]3C2CC[C@]2(C)[C@@H](C(=O)CBr)CC[C@@H]32)C1.Cl.Cl. The lowest BCUT2D eigenvalue weighted by Crippen LogP contribution is -2.55. The minimum Gasteiger partial charge on any atom is -0.457 e. The fourth-order valence-corrected chi connectivity index (χ4v) is 17.0. The minimum absolute atomic E-state index is 0. The second kappa shape index (κ2) is 18.9. The normalized spacial score (nSPS) is 47.9. The van der Waals surface area contributed by atoms with Crippen molar-refractivity contribution in [1.29, 1.82) is 0 Å². The number of hydrogen-bond acceptors (Lipinski definition) is 7. The van der Waals surface area contributed by atoms with Crippen LogP contribution in [0.1, 0.15) is 178 Å². The van der Waals surface area contributed by atoms with E-state index in [0.717, 1.165) is 75.5 Å². The summed E-state index contributed by atoms with van der Waals surface area (Å²) < 4.78 is 5.34. The van der Waals surface area contributed by atoms with Gasteiger partial charge < -0.3 is 20.7 Å². The van der Waals surface area contributed by atoms with Gasteiger partial charge in [0.1, 0.15) is 18.4 Å². The van der Waals surface area contributed by atoms with E-state index >= 15 is 0 Å². The Balaban J connectivity index is 0.000000258. The molecule has 5 unspecified atom stereocenters. The zero-order valence-corrected chi connectivity index (χ0v) is 41.1. The van der Waals surface area contributed by atoms with E-state index in [4.69, 9.17) is 10.5 Å². The molecule has 0 radical (unpaired) electrons. The van der Waals surface area contributed by atoms with Gasteiger partial charge in [-0.25, -0.2) is 0 Å². The van der Waals surface area contributed by atoms with Crippen molar-refractivity contribution in [1.82, 2.24) is 0 Å². The van der Waals surface area contributed by atoms with Crippen molar-refractivity contribution in [3.05, 3.63) is 0 Å². The average Bonchev–Trinajstić information content (AvgIpc) is 3.70. The van der Waals surface area contributed by atoms with Crippen LogP contribution >= 0.6 is 40.7 Å². The minimum atomic E-state index is -0.669. The summed E-state index contributed by atoms with van der Waals surface area (Å²) in [5.41, 5.74) is 5.96. The van der Waals surface area contributed by atoms with Gasteiger partial charge in [0.15, 0.2) is 5.78 Å². The van der Waals surface area contributed by atoms with E-state index in [1.807, 2.05) is 27.7 Å². The first-order valence-corrected chi connectivity index (χ1v) is 24.7. The molecular weight excluding hydrogens is 861 g/mol. The summed E-state index contributed by atoms with van der Waals surface area (Å²) in [6.07, 6.45) is 20.5. The van der Waals surface area contributed by atoms with Crippen LogP contribution in [-0.4, -0.2) is 56.9 Å². The zero-order valence-electron chi connectivity index (χ0n) is 37.9. The number of Topliss-reactive ketones (excluding diaryl/α,β-unsaturated/α-hetero) is 2. The molecule has 0 aromatic carbocycles. The number of alkyl halides is 1. The third-order valence-electron chi connectivity index (χ3n) is 20.2. The average molecular weight is 948 g/mol. The van der Waals surface area contributed by atoms with Crippen LogP contribution in [0, 0.1) is 86.8 Å². The molecule has 60 heavy (non-hydrogen) atoms. The van der Waals surface area contributed by atoms with Crippen LogP contribution in [-0.2, 0) is 19.1 Å². The number of aliphatic hydroxyl groups is 2. The Hall–Kier alpha value is -0.250. The number of rotatable bonds is 7. The highest BCUT2D eigenvalue weighted by Crippen LogP contribution is 2.70. The topological polar surface area (TPSA) is 127 Å². The highest BCUT2D eigenvalue weighted by atomic mass is 79.9. The number of fused-ring (bicyclic) bond motifs is 10. The lowest BCUT2D eigenvalue weighted by atomic mass is 9.44. The number of halogens is 3. The summed E-state index contributed by atoms with van der Waals surface area (Å²) >= 11 is 3.43. The van der Waals surface area contributed by atoms with E-state index in [9.17, 15) is 24.6 Å². The van der Waals surface area contributed by atoms with Gasteiger partial charge in [-0.1, -0.05) is 64.9 Å². The Morgan fingerprint density at radius 1 is 0.600 bits per heavy atom. The number of ether oxygens (including phenoxy) is 1. The Morgan fingerprint density at radius 3 is 1.40 bits per heavy atom. The maximum absolute atomic E-state index is 13.2. The number of ketones is 2. The molecule has 0 saturated heterocycles. The Labute approximate surface area is 385 Å². The third kappa shape index (κ3) is 9.13. The summed E-state index contributed by atoms with van der Waals surface area (Å²) in [6, 6.07) is -0.669. The second-order valence-corrected chi connectivity index (χ2v) is 24.1. The Kier molecular flexibility index (Phi) is 16.5. The van der Waals surface area contributed by atoms with E-state index in [2.05, 4.69) is 43.6 Å². The number of esters is 1. The monoisotopic (exact) mass is 946 g/mol. The summed E-state index contributed by atoms with van der Waals surface area (Å²) in [7, 11) is 0. The summed E-state index contributed by atoms with van der Waals surface area (Å²) in [4.78, 5) is 37.9. The van der Waals surface area contributed by atoms with Crippen LogP contribution in [0.15, 0.2) is 0 Å². The molecule has 0 bridgehead atoms. The van der Waals surface area contributed by atoms with Crippen LogP contribution in [0.25, 0.3) is 0 Å². The van der Waals surface area contributed by atoms with Gasteiger partial charge >= 0.3 is 5.97 Å². The van der Waals surface area contributed by atoms with Crippen molar-refractivity contribution >= 4 is 58.3 Å². The first kappa shape index (κ1) is 52.4. The molecule has 7 nitrogen and oxygen atoms in total. The molecular formula is C50H86BrCl2NO6. The number of carbonyl (C=O) groups excluding carboxylic acids is 3. The van der Waals surface area contributed by atoms with Gasteiger partial charge in [0.25, 0.3) is 0 Å². The third-order valence-corrected chi connectivity index (χ3v) is 20.7. The van der Waals surface area contributed by atoms with Crippen molar-refractivity contribution in [3.63, 3.8) is 0 Å². The van der Waals surface area contributed by atoms with Gasteiger partial charge in [0.05, 0.1) is 16.5 Å². The molecule has 8 aliphatic rings. The van der Waals surface area contributed by atoms with Gasteiger partial charge in [-0.15, -0.1) is 24.8 Å². The predicted octanol–water partition coefficient (Wildman–Crippen LogP) is 11.3. The van der Waals surface area contributed by atoms with Crippen LogP contribution in [0.3, 0.4) is 0 Å². The molecule has 4 N–H and O–H groups in total. The van der Waals surface area contributed by atoms with E-state index in [1.54, 1.807) is 0 Å². The van der Waals surface area contributed by atoms with E-state index in [-0.39, 0.29) is 73.2 Å². The van der Waals surface area contributed by atoms with Crippen LogP contribution in [0.5, 0.6) is 0 Å². The maximum atomic E-state index is 13.2. The zero-order chi connectivity index (χ0) is 41.5. The number of hydrogen-bond donors (Lipinski definition) is 3. The molecule has 10 heteroatoms. The summed E-state index contributed by atoms with van der Waals surface area (Å²) in [5, 5.41) is 21.8. The van der Waals surface area contributed by atoms with Gasteiger partial charge in [-0.05, 0) is 204 Å². The van der Waals surface area contributed by atoms with Crippen molar-refractivity contribution in [3.8, 4) is 0 Å². The number of carbonyl (C=O) groups is 3. The quantitative estimate of drug-likeness (QED) is 0.171. The van der Waals surface area contributed by atoms with Crippen LogP contribution in [0.4, 0.5) is 0 Å². The lowest BCUT2D eigenvalue weighted by molar-refractivity contribution is -0.157. The number of nitrogens with two attached hydrogens (primary N) is 1. The van der Waals surface area contributed by atoms with Gasteiger partial charge in [0, 0.05) is 11.8 Å². The molecule has 17 atom stereocenters. The van der Waals surface area contributed by atoms with Crippen LogP contribution in [0.2, 0.25) is 0 Å². The van der Waals surface area contributed by atoms with E-state index in [1.165, 1.54) is 57.8 Å². The van der Waals surface area contributed by atoms with Crippen molar-refractivity contribution < 1.29 is 29.3 Å². The highest BCUT2D eigenvalue weighted by Gasteiger charge is 2.63. The molecule has 0 heterocycles. The first-order chi connectivity index (χ1) is 26.6. The second-order valence-electron chi connectivity index (χ2n) is 23.5. The lowest BCUT2D eigenvalue weighted by Gasteiger charge is -2.61. The van der Waals surface area contributed by atoms with E-state index in [0.29, 0.717) is 51.5 Å². The highest BCUT2D eigenvalue weighted by molar-refractivity contribution is 9.09. The summed E-state index contributed by atoms with van der Waals surface area (Å²) in [6.45, 7) is 17.5. The molecule has 0 amide bonds. The van der Waals surface area contributed by atoms with Crippen molar-refractivity contribution in [2.45, 2.75) is 196 Å². The standard InChI is InChI=1S/C27H45NO4.C22H35BrO2.CH4.2ClH/c1-16(2)23(28)24(30)32-15-22(29)21-9-8-19-18-7-6-17-14-25(3,31)12-13-26(17,4)20(18)10-11-27(19,21)5;1-20(25)10-11-21(2)14(12-20)4-5-15-16-6-7-18(19(24)13-23)22(16,3)9-8-17(15)21;;;/h16-21,23,31H,6-15,28H2,1-5H3;14-18,25H,4-13H2,1-3H3;1H4;2*1H/t17?,18-,19-,20?,21+,23?,25+,26-,27-;14?,15-,16-,17?,18+,20+,21-,22-;;;/m00.../s1. The first-order valence-electron chi connectivity index (χ1n) is 23.6. The fourth-order valence-electron chi connectivity index (χ4n) is 16.6. The molecule has 8 rings (SSSR count). The molecule has 0 aliphatic heterocycles. The fraction of sp³-hybridized carbons (Fsp3) is 0.940. The van der Waals surface area contributed by atoms with Crippen molar-refractivity contribution in [2.24, 2.45) is 92.5 Å². The summed E-state index contributed by atoms with van der Waals surface area (Å²) in [5.74, 6) is 6.05. The van der Waals surface area contributed by atoms with E-state index < -0.39 is 23.2 Å². The van der Waals surface area contributed by atoms with Crippen LogP contribution < -0.4 is 5.73 Å². The maximum Gasteiger partial charge on any atom is 0.323 e. The molecule has 0 aromatic rings. The predicted molar refractivity (Wildman–Crippen MR) is 250 cm³/mol.